The highest BCUT2D eigenvalue weighted by molar-refractivity contribution is 9.10. The summed E-state index contributed by atoms with van der Waals surface area (Å²) in [5.74, 6) is 0.972. The number of thioether (sulfide) groups is 1. The lowest BCUT2D eigenvalue weighted by molar-refractivity contribution is -0.140. The Morgan fingerprint density at radius 3 is 2.32 bits per heavy atom. The first-order valence-corrected chi connectivity index (χ1v) is 12.5. The zero-order valence-electron chi connectivity index (χ0n) is 19.1. The molecule has 0 saturated heterocycles. The number of hydrogen-bond donors (Lipinski definition) is 1. The van der Waals surface area contributed by atoms with E-state index in [0.717, 1.165) is 21.4 Å². The molecule has 0 aliphatic carbocycles. The minimum Gasteiger partial charge on any atom is -0.350 e. The summed E-state index contributed by atoms with van der Waals surface area (Å²) < 4.78 is 1.04. The van der Waals surface area contributed by atoms with Gasteiger partial charge in [0.15, 0.2) is 0 Å². The van der Waals surface area contributed by atoms with Crippen LogP contribution in [0.3, 0.4) is 0 Å². The third-order valence-electron chi connectivity index (χ3n) is 4.89. The Labute approximate surface area is 199 Å². The van der Waals surface area contributed by atoms with Crippen molar-refractivity contribution in [1.29, 1.82) is 0 Å². The number of nitrogens with one attached hydrogen (secondary N) is 1. The van der Waals surface area contributed by atoms with Crippen LogP contribution in [0.1, 0.15) is 50.8 Å². The maximum Gasteiger partial charge on any atom is 0.243 e. The third kappa shape index (κ3) is 8.34. The molecule has 168 valence electrons. The molecule has 2 amide bonds. The number of carbonyl (C=O) groups is 2. The van der Waals surface area contributed by atoms with E-state index in [4.69, 9.17) is 0 Å². The minimum absolute atomic E-state index is 0.0127. The van der Waals surface area contributed by atoms with Crippen LogP contribution >= 0.6 is 27.7 Å². The lowest BCUT2D eigenvalue weighted by atomic mass is 10.0. The monoisotopic (exact) mass is 504 g/mol. The molecule has 31 heavy (non-hydrogen) atoms. The number of carbonyl (C=O) groups excluding carboxylic acids is 2. The smallest absolute Gasteiger partial charge is 0.243 e. The summed E-state index contributed by atoms with van der Waals surface area (Å²) in [6, 6.07) is 15.6. The summed E-state index contributed by atoms with van der Waals surface area (Å²) in [4.78, 5) is 28.1. The van der Waals surface area contributed by atoms with Gasteiger partial charge in [0.05, 0.1) is 5.75 Å². The van der Waals surface area contributed by atoms with Gasteiger partial charge in [-0.05, 0) is 62.9 Å². The van der Waals surface area contributed by atoms with Crippen molar-refractivity contribution in [2.24, 2.45) is 0 Å². The second kappa shape index (κ2) is 11.7. The van der Waals surface area contributed by atoms with Gasteiger partial charge in [-0.25, -0.2) is 0 Å². The summed E-state index contributed by atoms with van der Waals surface area (Å²) in [6.07, 6.45) is 0.566. The van der Waals surface area contributed by atoms with Crippen molar-refractivity contribution in [3.63, 3.8) is 0 Å². The fraction of sp³-hybridized carbons (Fsp3) is 0.440. The minimum atomic E-state index is -0.500. The van der Waals surface area contributed by atoms with Crippen molar-refractivity contribution in [3.8, 4) is 0 Å². The predicted octanol–water partition coefficient (Wildman–Crippen LogP) is 5.71. The van der Waals surface area contributed by atoms with Crippen molar-refractivity contribution in [1.82, 2.24) is 10.2 Å². The van der Waals surface area contributed by atoms with Gasteiger partial charge in [0.1, 0.15) is 6.04 Å². The van der Waals surface area contributed by atoms with Gasteiger partial charge in [-0.2, -0.15) is 0 Å². The highest BCUT2D eigenvalue weighted by Crippen LogP contribution is 2.20. The van der Waals surface area contributed by atoms with E-state index in [1.54, 1.807) is 16.7 Å². The first-order valence-electron chi connectivity index (χ1n) is 10.6. The van der Waals surface area contributed by atoms with E-state index in [9.17, 15) is 9.59 Å². The molecule has 6 heteroatoms. The number of nitrogens with zero attached hydrogens (tertiary/aromatic N) is 1. The van der Waals surface area contributed by atoms with E-state index in [0.29, 0.717) is 18.7 Å². The molecule has 1 N–H and O–H groups in total. The molecule has 0 heterocycles. The van der Waals surface area contributed by atoms with Crippen LogP contribution in [0.5, 0.6) is 0 Å². The highest BCUT2D eigenvalue weighted by Gasteiger charge is 2.30. The molecule has 2 rings (SSSR count). The summed E-state index contributed by atoms with van der Waals surface area (Å²) in [5, 5.41) is 3.05. The Hall–Kier alpha value is -1.79. The van der Waals surface area contributed by atoms with Crippen LogP contribution in [0.4, 0.5) is 0 Å². The summed E-state index contributed by atoms with van der Waals surface area (Å²) >= 11 is 5.02. The van der Waals surface area contributed by atoms with Gasteiger partial charge < -0.3 is 10.2 Å². The second-order valence-corrected chi connectivity index (χ2v) is 10.6. The molecule has 0 fully saturated rings. The first-order chi connectivity index (χ1) is 14.6. The fourth-order valence-corrected chi connectivity index (χ4v) is 4.40. The molecule has 0 spiro atoms. The lowest BCUT2D eigenvalue weighted by Crippen LogP contribution is -2.53. The van der Waals surface area contributed by atoms with Gasteiger partial charge in [-0.3, -0.25) is 9.59 Å². The molecule has 4 nitrogen and oxygen atoms in total. The van der Waals surface area contributed by atoms with Crippen LogP contribution in [-0.4, -0.2) is 34.0 Å². The summed E-state index contributed by atoms with van der Waals surface area (Å²) in [6.45, 7) is 10.3. The summed E-state index contributed by atoms with van der Waals surface area (Å²) in [5.41, 5.74) is 3.01. The van der Waals surface area contributed by atoms with Crippen LogP contribution in [-0.2, 0) is 21.9 Å². The van der Waals surface area contributed by atoms with Crippen molar-refractivity contribution >= 4 is 39.5 Å². The predicted molar refractivity (Wildman–Crippen MR) is 134 cm³/mol. The van der Waals surface area contributed by atoms with E-state index < -0.39 is 6.04 Å². The molecule has 0 radical (unpaired) electrons. The van der Waals surface area contributed by atoms with Crippen LogP contribution in [0.15, 0.2) is 53.0 Å². The number of hydrogen-bond acceptors (Lipinski definition) is 3. The second-order valence-electron chi connectivity index (χ2n) is 8.73. The highest BCUT2D eigenvalue weighted by atomic mass is 79.9. The first kappa shape index (κ1) is 25.5. The van der Waals surface area contributed by atoms with Gasteiger partial charge in [-0.15, -0.1) is 11.8 Å². The average Bonchev–Trinajstić information content (AvgIpc) is 2.69. The normalized spacial score (nSPS) is 12.3. The van der Waals surface area contributed by atoms with Gasteiger partial charge in [0.2, 0.25) is 11.8 Å². The Bertz CT molecular complexity index is 878. The Balaban J connectivity index is 2.16. The Morgan fingerprint density at radius 2 is 1.74 bits per heavy atom. The molecule has 0 aliphatic rings. The zero-order valence-corrected chi connectivity index (χ0v) is 21.5. The molecular weight excluding hydrogens is 472 g/mol. The quantitative estimate of drug-likeness (QED) is 0.475. The van der Waals surface area contributed by atoms with E-state index >= 15 is 0 Å². The molecule has 2 aromatic rings. The Kier molecular flexibility index (Phi) is 9.63. The molecule has 0 aliphatic heterocycles. The fourth-order valence-electron chi connectivity index (χ4n) is 3.26. The van der Waals surface area contributed by atoms with Gasteiger partial charge in [-0.1, -0.05) is 59.3 Å². The van der Waals surface area contributed by atoms with Gasteiger partial charge in [0.25, 0.3) is 0 Å². The number of aryl methyl sites for hydroxylation is 1. The molecule has 0 aromatic heterocycles. The number of amides is 2. The molecule has 0 bridgehead atoms. The van der Waals surface area contributed by atoms with Crippen LogP contribution in [0.2, 0.25) is 0 Å². The van der Waals surface area contributed by atoms with Crippen molar-refractivity contribution in [2.45, 2.75) is 64.9 Å². The molecule has 0 saturated carbocycles. The van der Waals surface area contributed by atoms with Gasteiger partial charge in [0, 0.05) is 22.3 Å². The van der Waals surface area contributed by atoms with Crippen molar-refractivity contribution in [3.05, 3.63) is 69.7 Å². The molecule has 1 unspecified atom stereocenters. The average molecular weight is 506 g/mol. The lowest BCUT2D eigenvalue weighted by Gasteiger charge is -2.33. The van der Waals surface area contributed by atoms with E-state index in [-0.39, 0.29) is 17.4 Å². The Morgan fingerprint density at radius 1 is 1.10 bits per heavy atom. The number of halogens is 1. The van der Waals surface area contributed by atoms with Crippen molar-refractivity contribution in [2.75, 3.05) is 5.75 Å². The topological polar surface area (TPSA) is 49.4 Å². The maximum atomic E-state index is 13.3. The van der Waals surface area contributed by atoms with Crippen LogP contribution < -0.4 is 5.32 Å². The third-order valence-corrected chi connectivity index (χ3v) is 6.41. The summed E-state index contributed by atoms with van der Waals surface area (Å²) in [7, 11) is 0. The van der Waals surface area contributed by atoms with E-state index in [1.165, 1.54) is 5.56 Å². The SMILES string of the molecule is CCC(C(=O)NC(C)(C)C)N(Cc1ccccc1C)C(=O)CSCc1ccc(Br)cc1. The zero-order chi connectivity index (χ0) is 23.0. The number of rotatable bonds is 9. The van der Waals surface area contributed by atoms with Crippen LogP contribution in [0.25, 0.3) is 0 Å². The van der Waals surface area contributed by atoms with Crippen molar-refractivity contribution < 1.29 is 9.59 Å². The maximum absolute atomic E-state index is 13.3. The molecule has 1 atom stereocenters. The standard InChI is InChI=1S/C25H33BrN2O2S/c1-6-22(24(30)27-25(3,4)5)28(15-20-10-8-7-9-18(20)2)23(29)17-31-16-19-11-13-21(26)14-12-19/h7-14,22H,6,15-17H2,1-5H3,(H,27,30). The molecule has 2 aromatic carbocycles. The van der Waals surface area contributed by atoms with E-state index in [1.807, 2.05) is 71.0 Å². The van der Waals surface area contributed by atoms with Gasteiger partial charge >= 0.3 is 0 Å². The number of benzene rings is 2. The largest absolute Gasteiger partial charge is 0.350 e. The molecular formula is C25H33BrN2O2S. The van der Waals surface area contributed by atoms with E-state index in [2.05, 4.69) is 33.4 Å². The van der Waals surface area contributed by atoms with Crippen LogP contribution in [0, 0.1) is 6.92 Å².